The Hall–Kier alpha value is -0.0400. The minimum Gasteiger partial charge on any atom is -0.378 e. The summed E-state index contributed by atoms with van der Waals surface area (Å²) in [5.74, 6) is 0.858. The molecule has 0 aromatic heterocycles. The van der Waals surface area contributed by atoms with Crippen LogP contribution in [0.1, 0.15) is 47.0 Å². The Morgan fingerprint density at radius 1 is 1.25 bits per heavy atom. The van der Waals surface area contributed by atoms with Gasteiger partial charge in [0.2, 0.25) is 0 Å². The van der Waals surface area contributed by atoms with Gasteiger partial charge in [-0.05, 0) is 24.2 Å². The largest absolute Gasteiger partial charge is 0.378 e. The summed E-state index contributed by atoms with van der Waals surface area (Å²) in [7, 11) is 0. The minimum absolute atomic E-state index is 0.391. The van der Waals surface area contributed by atoms with Crippen LogP contribution >= 0.6 is 0 Å². The Bertz CT molecular complexity index is 126. The predicted molar refractivity (Wildman–Crippen MR) is 52.2 cm³/mol. The average Bonchev–Trinajstić information content (AvgIpc) is 2.03. The third-order valence-electron chi connectivity index (χ3n) is 3.53. The van der Waals surface area contributed by atoms with E-state index in [4.69, 9.17) is 4.74 Å². The SMILES string of the molecule is CCC1CCOC(CC)C1(C)C. The molecule has 1 rings (SSSR count). The van der Waals surface area contributed by atoms with Crippen LogP contribution in [0.5, 0.6) is 0 Å². The van der Waals surface area contributed by atoms with E-state index in [9.17, 15) is 0 Å². The van der Waals surface area contributed by atoms with Crippen LogP contribution in [-0.4, -0.2) is 12.7 Å². The maximum atomic E-state index is 5.77. The van der Waals surface area contributed by atoms with Gasteiger partial charge in [-0.15, -0.1) is 0 Å². The lowest BCUT2D eigenvalue weighted by Crippen LogP contribution is -2.43. The summed E-state index contributed by atoms with van der Waals surface area (Å²) in [5, 5.41) is 0. The predicted octanol–water partition coefficient (Wildman–Crippen LogP) is 3.24. The molecule has 1 heteroatoms. The van der Waals surface area contributed by atoms with E-state index in [0.29, 0.717) is 11.5 Å². The molecule has 12 heavy (non-hydrogen) atoms. The van der Waals surface area contributed by atoms with Crippen LogP contribution in [0.2, 0.25) is 0 Å². The summed E-state index contributed by atoms with van der Waals surface area (Å²) < 4.78 is 5.77. The van der Waals surface area contributed by atoms with Crippen molar-refractivity contribution in [3.8, 4) is 0 Å². The molecule has 0 spiro atoms. The van der Waals surface area contributed by atoms with Crippen molar-refractivity contribution in [2.24, 2.45) is 11.3 Å². The van der Waals surface area contributed by atoms with Crippen LogP contribution in [0, 0.1) is 11.3 Å². The highest BCUT2D eigenvalue weighted by atomic mass is 16.5. The van der Waals surface area contributed by atoms with Crippen LogP contribution in [-0.2, 0) is 4.74 Å². The van der Waals surface area contributed by atoms with E-state index in [1.807, 2.05) is 0 Å². The van der Waals surface area contributed by atoms with Gasteiger partial charge in [0.25, 0.3) is 0 Å². The fourth-order valence-corrected chi connectivity index (χ4v) is 2.58. The fourth-order valence-electron chi connectivity index (χ4n) is 2.58. The molecule has 1 aliphatic heterocycles. The second-order valence-corrected chi connectivity index (χ2v) is 4.48. The van der Waals surface area contributed by atoms with E-state index >= 15 is 0 Å². The molecule has 1 heterocycles. The molecule has 0 bridgehead atoms. The van der Waals surface area contributed by atoms with E-state index in [1.54, 1.807) is 0 Å². The minimum atomic E-state index is 0.391. The zero-order chi connectivity index (χ0) is 9.19. The van der Waals surface area contributed by atoms with Crippen molar-refractivity contribution < 1.29 is 4.74 Å². The lowest BCUT2D eigenvalue weighted by Gasteiger charge is -2.44. The molecule has 72 valence electrons. The maximum absolute atomic E-state index is 5.77. The van der Waals surface area contributed by atoms with Crippen molar-refractivity contribution in [1.29, 1.82) is 0 Å². The molecule has 0 saturated carbocycles. The van der Waals surface area contributed by atoms with Crippen molar-refractivity contribution in [2.45, 2.75) is 53.1 Å². The molecule has 2 atom stereocenters. The third kappa shape index (κ3) is 1.66. The van der Waals surface area contributed by atoms with E-state index in [-0.39, 0.29) is 0 Å². The van der Waals surface area contributed by atoms with Crippen LogP contribution in [0.3, 0.4) is 0 Å². The Kier molecular flexibility index (Phi) is 3.16. The Labute approximate surface area is 76.5 Å². The van der Waals surface area contributed by atoms with Gasteiger partial charge in [0.15, 0.2) is 0 Å². The Morgan fingerprint density at radius 2 is 1.92 bits per heavy atom. The third-order valence-corrected chi connectivity index (χ3v) is 3.53. The second-order valence-electron chi connectivity index (χ2n) is 4.48. The summed E-state index contributed by atoms with van der Waals surface area (Å²) in [6, 6.07) is 0. The summed E-state index contributed by atoms with van der Waals surface area (Å²) in [4.78, 5) is 0. The van der Waals surface area contributed by atoms with Gasteiger partial charge < -0.3 is 4.74 Å². The molecule has 1 nitrogen and oxygen atoms in total. The zero-order valence-electron chi connectivity index (χ0n) is 8.89. The molecule has 0 amide bonds. The molecular formula is C11H22O. The van der Waals surface area contributed by atoms with Crippen molar-refractivity contribution in [3.05, 3.63) is 0 Å². The first kappa shape index (κ1) is 10.0. The highest BCUT2D eigenvalue weighted by Gasteiger charge is 2.38. The van der Waals surface area contributed by atoms with Crippen molar-refractivity contribution in [3.63, 3.8) is 0 Å². The molecule has 0 aliphatic carbocycles. The maximum Gasteiger partial charge on any atom is 0.0626 e. The molecule has 0 radical (unpaired) electrons. The smallest absolute Gasteiger partial charge is 0.0626 e. The van der Waals surface area contributed by atoms with Gasteiger partial charge in [0, 0.05) is 6.61 Å². The number of hydrogen-bond donors (Lipinski definition) is 0. The summed E-state index contributed by atoms with van der Waals surface area (Å²) in [5.41, 5.74) is 0.391. The highest BCUT2D eigenvalue weighted by Crippen LogP contribution is 2.41. The van der Waals surface area contributed by atoms with E-state index in [1.165, 1.54) is 12.8 Å². The number of hydrogen-bond acceptors (Lipinski definition) is 1. The lowest BCUT2D eigenvalue weighted by atomic mass is 9.69. The second kappa shape index (κ2) is 3.78. The molecule has 0 aromatic rings. The summed E-state index contributed by atoms with van der Waals surface area (Å²) >= 11 is 0. The topological polar surface area (TPSA) is 9.23 Å². The molecule has 1 aliphatic rings. The van der Waals surface area contributed by atoms with Crippen LogP contribution in [0.15, 0.2) is 0 Å². The average molecular weight is 170 g/mol. The summed E-state index contributed by atoms with van der Waals surface area (Å²) in [6.45, 7) is 10.2. The van der Waals surface area contributed by atoms with Gasteiger partial charge in [-0.3, -0.25) is 0 Å². The number of ether oxygens (including phenoxy) is 1. The molecule has 1 saturated heterocycles. The Balaban J connectivity index is 2.67. The summed E-state index contributed by atoms with van der Waals surface area (Å²) in [6.07, 6.45) is 4.19. The highest BCUT2D eigenvalue weighted by molar-refractivity contribution is 4.87. The van der Waals surface area contributed by atoms with Gasteiger partial charge in [-0.25, -0.2) is 0 Å². The van der Waals surface area contributed by atoms with Crippen molar-refractivity contribution in [2.75, 3.05) is 6.61 Å². The standard InChI is InChI=1S/C11H22O/c1-5-9-7-8-12-10(6-2)11(9,3)4/h9-10H,5-8H2,1-4H3. The molecule has 1 fully saturated rings. The molecule has 2 unspecified atom stereocenters. The van der Waals surface area contributed by atoms with E-state index in [0.717, 1.165) is 18.9 Å². The van der Waals surface area contributed by atoms with Crippen LogP contribution in [0.4, 0.5) is 0 Å². The number of rotatable bonds is 2. The zero-order valence-corrected chi connectivity index (χ0v) is 8.89. The molecular weight excluding hydrogens is 148 g/mol. The van der Waals surface area contributed by atoms with E-state index in [2.05, 4.69) is 27.7 Å². The normalized spacial score (nSPS) is 35.0. The first-order chi connectivity index (χ1) is 5.62. The van der Waals surface area contributed by atoms with Crippen molar-refractivity contribution in [1.82, 2.24) is 0 Å². The van der Waals surface area contributed by atoms with Crippen LogP contribution in [0.25, 0.3) is 0 Å². The first-order valence-electron chi connectivity index (χ1n) is 5.24. The van der Waals surface area contributed by atoms with Gasteiger partial charge in [0.05, 0.1) is 6.10 Å². The van der Waals surface area contributed by atoms with E-state index < -0.39 is 0 Å². The van der Waals surface area contributed by atoms with Crippen molar-refractivity contribution >= 4 is 0 Å². The van der Waals surface area contributed by atoms with Gasteiger partial charge in [-0.2, -0.15) is 0 Å². The van der Waals surface area contributed by atoms with Gasteiger partial charge in [0.1, 0.15) is 0 Å². The van der Waals surface area contributed by atoms with Crippen LogP contribution < -0.4 is 0 Å². The fraction of sp³-hybridized carbons (Fsp3) is 1.00. The van der Waals surface area contributed by atoms with Gasteiger partial charge in [-0.1, -0.05) is 34.1 Å². The monoisotopic (exact) mass is 170 g/mol. The molecule has 0 aromatic carbocycles. The van der Waals surface area contributed by atoms with Gasteiger partial charge >= 0.3 is 0 Å². The molecule has 0 N–H and O–H groups in total. The Morgan fingerprint density at radius 3 is 2.42 bits per heavy atom. The first-order valence-corrected chi connectivity index (χ1v) is 5.24. The lowest BCUT2D eigenvalue weighted by molar-refractivity contribution is -0.104. The quantitative estimate of drug-likeness (QED) is 0.618.